The summed E-state index contributed by atoms with van der Waals surface area (Å²) >= 11 is 0. The molecule has 40 heavy (non-hydrogen) atoms. The van der Waals surface area contributed by atoms with E-state index in [1.54, 1.807) is 31.4 Å². The molecule has 1 saturated carbocycles. The van der Waals surface area contributed by atoms with Crippen molar-refractivity contribution in [1.82, 2.24) is 9.21 Å². The topological polar surface area (TPSA) is 115 Å². The first-order valence-electron chi connectivity index (χ1n) is 13.9. The molecule has 5 rings (SSSR count). The van der Waals surface area contributed by atoms with Crippen LogP contribution in [0.3, 0.4) is 0 Å². The lowest BCUT2D eigenvalue weighted by Gasteiger charge is -2.40. The Morgan fingerprint density at radius 1 is 1.00 bits per heavy atom. The van der Waals surface area contributed by atoms with Gasteiger partial charge in [-0.15, -0.1) is 0 Å². The van der Waals surface area contributed by atoms with Crippen LogP contribution in [-0.2, 0) is 29.0 Å². The Balaban J connectivity index is 1.40. The van der Waals surface area contributed by atoms with E-state index in [0.717, 1.165) is 16.9 Å². The molecule has 0 amide bonds. The van der Waals surface area contributed by atoms with Gasteiger partial charge in [0.15, 0.2) is 5.79 Å². The van der Waals surface area contributed by atoms with E-state index in [0.29, 0.717) is 71.7 Å². The highest BCUT2D eigenvalue weighted by atomic mass is 32.2. The zero-order valence-corrected chi connectivity index (χ0v) is 23.7. The number of carboxylic acid groups (broad SMARTS) is 1. The third kappa shape index (κ3) is 6.35. The summed E-state index contributed by atoms with van der Waals surface area (Å²) in [5.74, 6) is -1.41. The van der Waals surface area contributed by atoms with Gasteiger partial charge in [-0.05, 0) is 54.2 Å². The van der Waals surface area contributed by atoms with Gasteiger partial charge >= 0.3 is 5.97 Å². The zero-order chi connectivity index (χ0) is 28.2. The molecule has 0 aromatic heterocycles. The van der Waals surface area contributed by atoms with Crippen molar-refractivity contribution in [2.45, 2.75) is 42.4 Å². The van der Waals surface area contributed by atoms with Crippen LogP contribution in [0.2, 0.25) is 0 Å². The van der Waals surface area contributed by atoms with Crippen molar-refractivity contribution >= 4 is 16.0 Å². The fraction of sp³-hybridized carbons (Fsp3) is 0.552. The summed E-state index contributed by atoms with van der Waals surface area (Å²) in [5.41, 5.74) is 1.77. The van der Waals surface area contributed by atoms with Gasteiger partial charge in [0.25, 0.3) is 0 Å². The highest BCUT2D eigenvalue weighted by Crippen LogP contribution is 2.41. The van der Waals surface area contributed by atoms with E-state index < -0.39 is 27.8 Å². The lowest BCUT2D eigenvalue weighted by Crippen LogP contribution is -2.53. The number of carboxylic acids is 1. The average Bonchev–Trinajstić information content (AvgIpc) is 3.44. The third-order valence-corrected chi connectivity index (χ3v) is 10.1. The summed E-state index contributed by atoms with van der Waals surface area (Å²) in [7, 11) is -2.52. The normalized spacial score (nSPS) is 21.1. The van der Waals surface area contributed by atoms with Gasteiger partial charge in [0.2, 0.25) is 10.0 Å². The SMILES string of the molecule is COc1ccc(-c2ccc(S(=O)(=O)N(CCN3CCOCC3)C(C(=O)O)C3CCC4(CC3)OCCO4)cc2)cc1. The summed E-state index contributed by atoms with van der Waals surface area (Å²) < 4.78 is 51.8. The second-order valence-corrected chi connectivity index (χ2v) is 12.4. The maximum absolute atomic E-state index is 14.1. The number of methoxy groups -OCH3 is 1. The van der Waals surface area contributed by atoms with Crippen molar-refractivity contribution in [2.75, 3.05) is 59.7 Å². The lowest BCUT2D eigenvalue weighted by molar-refractivity contribution is -0.186. The molecule has 0 radical (unpaired) electrons. The number of nitrogens with zero attached hydrogens (tertiary/aromatic N) is 2. The molecule has 2 heterocycles. The van der Waals surface area contributed by atoms with Crippen LogP contribution in [0.25, 0.3) is 11.1 Å². The van der Waals surface area contributed by atoms with Crippen molar-refractivity contribution in [3.05, 3.63) is 48.5 Å². The number of hydrogen-bond donors (Lipinski definition) is 1. The molecular formula is C29H38N2O8S. The van der Waals surface area contributed by atoms with E-state index >= 15 is 0 Å². The van der Waals surface area contributed by atoms with Crippen molar-refractivity contribution in [2.24, 2.45) is 5.92 Å². The van der Waals surface area contributed by atoms with Gasteiger partial charge in [-0.2, -0.15) is 4.31 Å². The first kappa shape index (κ1) is 29.0. The monoisotopic (exact) mass is 574 g/mol. The van der Waals surface area contributed by atoms with Gasteiger partial charge in [-0.1, -0.05) is 24.3 Å². The molecular weight excluding hydrogens is 536 g/mol. The van der Waals surface area contributed by atoms with Crippen LogP contribution in [0.15, 0.2) is 53.4 Å². The number of carbonyl (C=O) groups is 1. The van der Waals surface area contributed by atoms with Crippen LogP contribution in [-0.4, -0.2) is 100 Å². The Labute approximate surface area is 235 Å². The van der Waals surface area contributed by atoms with Crippen molar-refractivity contribution in [3.8, 4) is 16.9 Å². The minimum Gasteiger partial charge on any atom is -0.497 e. The smallest absolute Gasteiger partial charge is 0.322 e. The summed E-state index contributed by atoms with van der Waals surface area (Å²) in [6.45, 7) is 4.08. The zero-order valence-electron chi connectivity index (χ0n) is 22.9. The Bertz CT molecular complexity index is 1230. The summed E-state index contributed by atoms with van der Waals surface area (Å²) in [6, 6.07) is 13.0. The molecule has 1 N–H and O–H groups in total. The van der Waals surface area contributed by atoms with E-state index in [2.05, 4.69) is 4.90 Å². The molecule has 1 atom stereocenters. The highest BCUT2D eigenvalue weighted by Gasteiger charge is 2.47. The number of ether oxygens (including phenoxy) is 4. The highest BCUT2D eigenvalue weighted by molar-refractivity contribution is 7.89. The van der Waals surface area contributed by atoms with E-state index in [1.165, 1.54) is 4.31 Å². The average molecular weight is 575 g/mol. The summed E-state index contributed by atoms with van der Waals surface area (Å²) in [6.07, 6.45) is 2.12. The molecule has 1 spiro atoms. The largest absolute Gasteiger partial charge is 0.497 e. The van der Waals surface area contributed by atoms with Crippen LogP contribution in [0.1, 0.15) is 25.7 Å². The molecule has 11 heteroatoms. The first-order chi connectivity index (χ1) is 19.3. The van der Waals surface area contributed by atoms with E-state index in [-0.39, 0.29) is 17.4 Å². The predicted molar refractivity (Wildman–Crippen MR) is 148 cm³/mol. The predicted octanol–water partition coefficient (Wildman–Crippen LogP) is 3.07. The Morgan fingerprint density at radius 3 is 2.12 bits per heavy atom. The fourth-order valence-corrected chi connectivity index (χ4v) is 7.59. The van der Waals surface area contributed by atoms with Gasteiger partial charge in [0.05, 0.1) is 38.4 Å². The standard InChI is InChI=1S/C29H38N2O8S/c1-36-25-6-2-22(3-7-25)23-4-8-26(9-5-23)40(34,35)31(15-14-30-16-18-37-19-17-30)27(28(32)33)24-10-12-29(13-11-24)38-20-21-39-29/h2-9,24,27H,10-21H2,1H3,(H,32,33). The first-order valence-corrected chi connectivity index (χ1v) is 15.3. The summed E-state index contributed by atoms with van der Waals surface area (Å²) in [5, 5.41) is 10.4. The Kier molecular flexibility index (Phi) is 9.08. The van der Waals surface area contributed by atoms with Gasteiger partial charge < -0.3 is 24.1 Å². The van der Waals surface area contributed by atoms with Gasteiger partial charge in [-0.3, -0.25) is 9.69 Å². The number of sulfonamides is 1. The Morgan fingerprint density at radius 2 is 1.57 bits per heavy atom. The molecule has 3 fully saturated rings. The number of rotatable bonds is 10. The van der Waals surface area contributed by atoms with Crippen molar-refractivity contribution < 1.29 is 37.3 Å². The van der Waals surface area contributed by atoms with Crippen molar-refractivity contribution in [1.29, 1.82) is 0 Å². The van der Waals surface area contributed by atoms with Crippen LogP contribution < -0.4 is 4.74 Å². The fourth-order valence-electron chi connectivity index (χ4n) is 5.95. The number of morpholine rings is 1. The lowest BCUT2D eigenvalue weighted by atomic mass is 9.80. The third-order valence-electron chi connectivity index (χ3n) is 8.24. The molecule has 2 saturated heterocycles. The van der Waals surface area contributed by atoms with E-state index in [4.69, 9.17) is 18.9 Å². The molecule has 0 bridgehead atoms. The second-order valence-electron chi connectivity index (χ2n) is 10.6. The number of benzene rings is 2. The molecule has 10 nitrogen and oxygen atoms in total. The molecule has 3 aliphatic rings. The van der Waals surface area contributed by atoms with Gasteiger partial charge in [0.1, 0.15) is 11.8 Å². The van der Waals surface area contributed by atoms with Gasteiger partial charge in [-0.25, -0.2) is 8.42 Å². The molecule has 2 aromatic rings. The molecule has 2 aromatic carbocycles. The van der Waals surface area contributed by atoms with Gasteiger partial charge in [0, 0.05) is 39.0 Å². The number of hydrogen-bond acceptors (Lipinski definition) is 8. The maximum Gasteiger partial charge on any atom is 0.322 e. The van der Waals surface area contributed by atoms with Crippen molar-refractivity contribution in [3.63, 3.8) is 0 Å². The summed E-state index contributed by atoms with van der Waals surface area (Å²) in [4.78, 5) is 15.0. The maximum atomic E-state index is 14.1. The van der Waals surface area contributed by atoms with Crippen LogP contribution in [0, 0.1) is 5.92 Å². The van der Waals surface area contributed by atoms with E-state index in [9.17, 15) is 18.3 Å². The minimum absolute atomic E-state index is 0.0766. The molecule has 1 aliphatic carbocycles. The van der Waals surface area contributed by atoms with E-state index in [1.807, 2.05) is 24.3 Å². The van der Waals surface area contributed by atoms with Crippen LogP contribution in [0.5, 0.6) is 5.75 Å². The molecule has 218 valence electrons. The van der Waals surface area contributed by atoms with Crippen LogP contribution in [0.4, 0.5) is 0 Å². The molecule has 2 aliphatic heterocycles. The quantitative estimate of drug-likeness (QED) is 0.457. The Hall–Kier alpha value is -2.54. The van der Waals surface area contributed by atoms with Crippen LogP contribution >= 0.6 is 0 Å². The second kappa shape index (κ2) is 12.5. The molecule has 1 unspecified atom stereocenters. The minimum atomic E-state index is -4.12. The number of aliphatic carboxylic acids is 1.